The van der Waals surface area contributed by atoms with Gasteiger partial charge in [0.15, 0.2) is 5.82 Å². The number of hydrogen-bond acceptors (Lipinski definition) is 4. The summed E-state index contributed by atoms with van der Waals surface area (Å²) in [4.78, 5) is 16.6. The Morgan fingerprint density at radius 1 is 1.52 bits per heavy atom. The molecule has 0 aliphatic carbocycles. The van der Waals surface area contributed by atoms with Gasteiger partial charge in [-0.15, -0.1) is 0 Å². The first-order chi connectivity index (χ1) is 11.1. The van der Waals surface area contributed by atoms with Crippen LogP contribution < -0.4 is 5.32 Å². The Bertz CT molecular complexity index is 701. The molecular formula is C16H19ClN4O2. The molecule has 6 nitrogen and oxygen atoms in total. The van der Waals surface area contributed by atoms with Crippen LogP contribution >= 0.6 is 11.6 Å². The van der Waals surface area contributed by atoms with Crippen LogP contribution in [0, 0.1) is 0 Å². The monoisotopic (exact) mass is 334 g/mol. The maximum absolute atomic E-state index is 12.2. The number of ether oxygens (including phenoxy) is 1. The first kappa shape index (κ1) is 16.0. The predicted octanol–water partition coefficient (Wildman–Crippen LogP) is 1.75. The summed E-state index contributed by atoms with van der Waals surface area (Å²) in [5.74, 6) is 1.64. The van der Waals surface area contributed by atoms with E-state index < -0.39 is 0 Å². The lowest BCUT2D eigenvalue weighted by Gasteiger charge is -2.23. The Hall–Kier alpha value is -1.92. The largest absolute Gasteiger partial charge is 0.377 e. The Balaban J connectivity index is 1.57. The highest BCUT2D eigenvalue weighted by Crippen LogP contribution is 2.14. The predicted molar refractivity (Wildman–Crippen MR) is 86.1 cm³/mol. The van der Waals surface area contributed by atoms with Gasteiger partial charge in [0.05, 0.1) is 13.0 Å². The van der Waals surface area contributed by atoms with Gasteiger partial charge in [-0.1, -0.05) is 23.7 Å². The van der Waals surface area contributed by atoms with Crippen molar-refractivity contribution >= 4 is 17.5 Å². The molecule has 0 radical (unpaired) electrons. The maximum Gasteiger partial charge on any atom is 0.224 e. The molecule has 1 unspecified atom stereocenters. The highest BCUT2D eigenvalue weighted by atomic mass is 35.5. The van der Waals surface area contributed by atoms with Gasteiger partial charge < -0.3 is 10.1 Å². The van der Waals surface area contributed by atoms with Gasteiger partial charge in [-0.25, -0.2) is 9.67 Å². The van der Waals surface area contributed by atoms with E-state index in [1.54, 1.807) is 13.2 Å². The summed E-state index contributed by atoms with van der Waals surface area (Å²) in [7, 11) is 1.62. The summed E-state index contributed by atoms with van der Waals surface area (Å²) < 4.78 is 6.92. The summed E-state index contributed by atoms with van der Waals surface area (Å²) in [6, 6.07) is 7.44. The first-order valence-electron chi connectivity index (χ1n) is 7.59. The molecule has 1 aliphatic rings. The van der Waals surface area contributed by atoms with Crippen LogP contribution in [0.15, 0.2) is 24.3 Å². The smallest absolute Gasteiger partial charge is 0.224 e. The van der Waals surface area contributed by atoms with E-state index in [1.165, 1.54) is 0 Å². The third-order valence-corrected chi connectivity index (χ3v) is 4.03. The Kier molecular flexibility index (Phi) is 4.93. The average molecular weight is 335 g/mol. The van der Waals surface area contributed by atoms with E-state index in [0.717, 1.165) is 24.2 Å². The first-order valence-corrected chi connectivity index (χ1v) is 7.97. The molecule has 122 valence electrons. The molecule has 0 spiro atoms. The van der Waals surface area contributed by atoms with Crippen LogP contribution in [0.5, 0.6) is 0 Å². The minimum absolute atomic E-state index is 0.00190. The van der Waals surface area contributed by atoms with Gasteiger partial charge >= 0.3 is 0 Å². The second-order valence-electron chi connectivity index (χ2n) is 5.67. The topological polar surface area (TPSA) is 69.0 Å². The number of amides is 1. The van der Waals surface area contributed by atoms with E-state index in [-0.39, 0.29) is 11.9 Å². The van der Waals surface area contributed by atoms with Crippen LogP contribution in [0.1, 0.15) is 23.6 Å². The van der Waals surface area contributed by atoms with Crippen molar-refractivity contribution < 1.29 is 9.53 Å². The van der Waals surface area contributed by atoms with Crippen LogP contribution in [-0.4, -0.2) is 33.8 Å². The number of halogens is 1. The number of nitrogens with zero attached hydrogens (tertiary/aromatic N) is 3. The lowest BCUT2D eigenvalue weighted by molar-refractivity contribution is -0.121. The number of aryl methyl sites for hydroxylation is 1. The van der Waals surface area contributed by atoms with Crippen molar-refractivity contribution in [2.24, 2.45) is 0 Å². The van der Waals surface area contributed by atoms with Crippen LogP contribution in [0.3, 0.4) is 0 Å². The van der Waals surface area contributed by atoms with Gasteiger partial charge in [0, 0.05) is 24.6 Å². The molecule has 0 bridgehead atoms. The molecule has 1 atom stereocenters. The number of carbonyl (C=O) groups is 1. The summed E-state index contributed by atoms with van der Waals surface area (Å²) in [5.41, 5.74) is 0.912. The zero-order valence-corrected chi connectivity index (χ0v) is 13.7. The van der Waals surface area contributed by atoms with Crippen molar-refractivity contribution in [3.63, 3.8) is 0 Å². The van der Waals surface area contributed by atoms with Crippen molar-refractivity contribution in [3.8, 4) is 0 Å². The van der Waals surface area contributed by atoms with Crippen LogP contribution in [0.25, 0.3) is 0 Å². The molecule has 0 fully saturated rings. The highest BCUT2D eigenvalue weighted by molar-refractivity contribution is 6.30. The minimum Gasteiger partial charge on any atom is -0.377 e. The van der Waals surface area contributed by atoms with Crippen LogP contribution in [-0.2, 0) is 35.5 Å². The Morgan fingerprint density at radius 2 is 2.39 bits per heavy atom. The fraction of sp³-hybridized carbons (Fsp3) is 0.438. The van der Waals surface area contributed by atoms with Crippen molar-refractivity contribution in [2.75, 3.05) is 7.11 Å². The van der Waals surface area contributed by atoms with E-state index in [9.17, 15) is 4.79 Å². The molecule has 1 aromatic heterocycles. The van der Waals surface area contributed by atoms with E-state index >= 15 is 0 Å². The Morgan fingerprint density at radius 3 is 3.17 bits per heavy atom. The number of rotatable bonds is 5. The van der Waals surface area contributed by atoms with Gasteiger partial charge in [-0.05, 0) is 24.1 Å². The molecule has 1 amide bonds. The van der Waals surface area contributed by atoms with Gasteiger partial charge in [-0.2, -0.15) is 5.10 Å². The molecule has 1 aliphatic heterocycles. The lowest BCUT2D eigenvalue weighted by Crippen LogP contribution is -2.42. The quantitative estimate of drug-likeness (QED) is 0.904. The zero-order chi connectivity index (χ0) is 16.2. The molecule has 2 heterocycles. The van der Waals surface area contributed by atoms with Crippen molar-refractivity contribution in [1.82, 2.24) is 20.1 Å². The number of benzene rings is 1. The summed E-state index contributed by atoms with van der Waals surface area (Å²) >= 11 is 5.94. The fourth-order valence-electron chi connectivity index (χ4n) is 2.78. The van der Waals surface area contributed by atoms with Crippen molar-refractivity contribution in [2.45, 2.75) is 38.5 Å². The third kappa shape index (κ3) is 4.09. The number of nitrogens with one attached hydrogen (secondary N) is 1. The van der Waals surface area contributed by atoms with Gasteiger partial charge in [0.25, 0.3) is 0 Å². The van der Waals surface area contributed by atoms with Gasteiger partial charge in [0.2, 0.25) is 5.91 Å². The molecule has 0 saturated carbocycles. The van der Waals surface area contributed by atoms with Gasteiger partial charge in [-0.3, -0.25) is 4.79 Å². The van der Waals surface area contributed by atoms with Crippen LogP contribution in [0.2, 0.25) is 5.02 Å². The summed E-state index contributed by atoms with van der Waals surface area (Å²) in [6.07, 6.45) is 2.00. The molecule has 7 heteroatoms. The van der Waals surface area contributed by atoms with Gasteiger partial charge in [0.1, 0.15) is 12.4 Å². The number of methoxy groups -OCH3 is 1. The molecule has 2 aromatic rings. The molecule has 3 rings (SSSR count). The third-order valence-electron chi connectivity index (χ3n) is 3.79. The fourth-order valence-corrected chi connectivity index (χ4v) is 2.99. The second-order valence-corrected chi connectivity index (χ2v) is 6.11. The number of hydrogen-bond donors (Lipinski definition) is 1. The lowest BCUT2D eigenvalue weighted by atomic mass is 10.1. The van der Waals surface area contributed by atoms with E-state index in [1.807, 2.05) is 22.9 Å². The van der Waals surface area contributed by atoms with E-state index in [4.69, 9.17) is 16.3 Å². The zero-order valence-electron chi connectivity index (χ0n) is 13.0. The van der Waals surface area contributed by atoms with E-state index in [0.29, 0.717) is 30.4 Å². The van der Waals surface area contributed by atoms with Crippen LogP contribution in [0.4, 0.5) is 0 Å². The van der Waals surface area contributed by atoms with Crippen molar-refractivity contribution in [3.05, 3.63) is 46.5 Å². The molecular weight excluding hydrogens is 316 g/mol. The summed E-state index contributed by atoms with van der Waals surface area (Å²) in [5, 5.41) is 8.12. The maximum atomic E-state index is 12.2. The number of carbonyl (C=O) groups excluding carboxylic acids is 1. The normalized spacial score (nSPS) is 16.9. The molecule has 1 N–H and O–H groups in total. The number of fused-ring (bicyclic) bond motifs is 1. The highest BCUT2D eigenvalue weighted by Gasteiger charge is 2.22. The standard InChI is InChI=1S/C16H19ClN4O2/c1-23-10-14-19-15-6-5-13(9-21(15)20-14)18-16(22)8-11-3-2-4-12(17)7-11/h2-4,7,13H,5-6,8-10H2,1H3,(H,18,22). The summed E-state index contributed by atoms with van der Waals surface area (Å²) in [6.45, 7) is 1.05. The van der Waals surface area contributed by atoms with E-state index in [2.05, 4.69) is 15.4 Å². The second kappa shape index (κ2) is 7.10. The van der Waals surface area contributed by atoms with Crippen molar-refractivity contribution in [1.29, 1.82) is 0 Å². The number of aromatic nitrogens is 3. The average Bonchev–Trinajstić information content (AvgIpc) is 2.89. The molecule has 0 saturated heterocycles. The SMILES string of the molecule is COCc1nc2n(n1)CC(NC(=O)Cc1cccc(Cl)c1)CC2. The molecule has 1 aromatic carbocycles. The Labute approximate surface area is 139 Å². The minimum atomic E-state index is -0.00190. The molecule has 23 heavy (non-hydrogen) atoms.